The van der Waals surface area contributed by atoms with Crippen LogP contribution in [0.5, 0.6) is 0 Å². The summed E-state index contributed by atoms with van der Waals surface area (Å²) in [6.07, 6.45) is 1.42. The average molecular weight is 278 g/mol. The lowest BCUT2D eigenvalue weighted by Crippen LogP contribution is -1.86. The monoisotopic (exact) mass is 278 g/mol. The standard InChI is InChI=1S/C11H7FN4S2/c12-6-1-2-14-7(3-6)8-4-17-10(15-8)9-5-18-11(13)16-9/h1-5H,(H2,13,16). The zero-order chi connectivity index (χ0) is 12.5. The first-order valence-corrected chi connectivity index (χ1v) is 6.77. The molecule has 3 aromatic heterocycles. The highest BCUT2D eigenvalue weighted by atomic mass is 32.1. The Morgan fingerprint density at radius 2 is 1.89 bits per heavy atom. The number of anilines is 1. The van der Waals surface area contributed by atoms with Crippen molar-refractivity contribution in [3.05, 3.63) is 34.9 Å². The lowest BCUT2D eigenvalue weighted by Gasteiger charge is -1.94. The molecule has 0 amide bonds. The van der Waals surface area contributed by atoms with E-state index >= 15 is 0 Å². The van der Waals surface area contributed by atoms with Gasteiger partial charge >= 0.3 is 0 Å². The smallest absolute Gasteiger partial charge is 0.180 e. The first kappa shape index (κ1) is 11.2. The Morgan fingerprint density at radius 3 is 2.61 bits per heavy atom. The van der Waals surface area contributed by atoms with Crippen LogP contribution in [0.4, 0.5) is 9.52 Å². The van der Waals surface area contributed by atoms with Gasteiger partial charge in [-0.3, -0.25) is 4.98 Å². The molecular formula is C11H7FN4S2. The number of hydrogen-bond donors (Lipinski definition) is 1. The van der Waals surface area contributed by atoms with Crippen LogP contribution in [-0.2, 0) is 0 Å². The van der Waals surface area contributed by atoms with Crippen LogP contribution in [-0.4, -0.2) is 15.0 Å². The van der Waals surface area contributed by atoms with Crippen LogP contribution in [0.3, 0.4) is 0 Å². The van der Waals surface area contributed by atoms with E-state index in [9.17, 15) is 4.39 Å². The molecule has 0 bridgehead atoms. The average Bonchev–Trinajstić information content (AvgIpc) is 2.97. The van der Waals surface area contributed by atoms with E-state index in [0.717, 1.165) is 10.7 Å². The molecule has 0 saturated carbocycles. The molecule has 0 aliphatic rings. The molecule has 0 aliphatic heterocycles. The highest BCUT2D eigenvalue weighted by molar-refractivity contribution is 7.15. The number of halogens is 1. The van der Waals surface area contributed by atoms with Crippen LogP contribution in [0, 0.1) is 5.82 Å². The second-order valence-electron chi connectivity index (χ2n) is 3.47. The molecule has 90 valence electrons. The van der Waals surface area contributed by atoms with Crippen molar-refractivity contribution in [2.45, 2.75) is 0 Å². The largest absolute Gasteiger partial charge is 0.375 e. The summed E-state index contributed by atoms with van der Waals surface area (Å²) in [4.78, 5) is 12.6. The summed E-state index contributed by atoms with van der Waals surface area (Å²) in [6.45, 7) is 0. The predicted molar refractivity (Wildman–Crippen MR) is 70.8 cm³/mol. The molecule has 0 spiro atoms. The fourth-order valence-electron chi connectivity index (χ4n) is 1.44. The fourth-order valence-corrected chi connectivity index (χ4v) is 2.84. The lowest BCUT2D eigenvalue weighted by atomic mass is 10.3. The van der Waals surface area contributed by atoms with Crippen molar-refractivity contribution in [1.82, 2.24) is 15.0 Å². The van der Waals surface area contributed by atoms with E-state index < -0.39 is 0 Å². The summed E-state index contributed by atoms with van der Waals surface area (Å²) in [5.74, 6) is -0.326. The van der Waals surface area contributed by atoms with Gasteiger partial charge < -0.3 is 5.73 Å². The quantitative estimate of drug-likeness (QED) is 0.782. The van der Waals surface area contributed by atoms with Gasteiger partial charge in [-0.05, 0) is 6.07 Å². The maximum Gasteiger partial charge on any atom is 0.180 e. The third-order valence-corrected chi connectivity index (χ3v) is 3.77. The molecule has 0 saturated heterocycles. The Morgan fingerprint density at radius 1 is 1.06 bits per heavy atom. The SMILES string of the molecule is Nc1nc(-c2nc(-c3cc(F)ccn3)cs2)cs1. The topological polar surface area (TPSA) is 64.7 Å². The molecule has 3 heterocycles. The van der Waals surface area contributed by atoms with Crippen molar-refractivity contribution in [2.75, 3.05) is 5.73 Å². The van der Waals surface area contributed by atoms with Gasteiger partial charge in [0.2, 0.25) is 0 Å². The van der Waals surface area contributed by atoms with Gasteiger partial charge in [-0.15, -0.1) is 22.7 Å². The summed E-state index contributed by atoms with van der Waals surface area (Å²) >= 11 is 2.80. The number of nitrogens with zero attached hydrogens (tertiary/aromatic N) is 3. The molecule has 2 N–H and O–H groups in total. The van der Waals surface area contributed by atoms with E-state index in [-0.39, 0.29) is 5.82 Å². The predicted octanol–water partition coefficient (Wildman–Crippen LogP) is 3.05. The normalized spacial score (nSPS) is 10.7. The maximum absolute atomic E-state index is 13.1. The van der Waals surface area contributed by atoms with E-state index in [1.165, 1.54) is 41.0 Å². The minimum atomic E-state index is -0.326. The van der Waals surface area contributed by atoms with Crippen LogP contribution in [0.1, 0.15) is 0 Å². The van der Waals surface area contributed by atoms with Crippen molar-refractivity contribution in [1.29, 1.82) is 0 Å². The Labute approximate surface area is 110 Å². The van der Waals surface area contributed by atoms with Gasteiger partial charge in [-0.1, -0.05) is 0 Å². The molecule has 0 radical (unpaired) electrons. The van der Waals surface area contributed by atoms with Crippen LogP contribution in [0.25, 0.3) is 22.1 Å². The highest BCUT2D eigenvalue weighted by Crippen LogP contribution is 2.29. The molecule has 3 aromatic rings. The first-order valence-electron chi connectivity index (χ1n) is 5.01. The van der Waals surface area contributed by atoms with Crippen molar-refractivity contribution >= 4 is 27.8 Å². The first-order chi connectivity index (χ1) is 8.72. The van der Waals surface area contributed by atoms with Gasteiger partial charge in [-0.25, -0.2) is 14.4 Å². The van der Waals surface area contributed by atoms with Crippen LogP contribution in [0.15, 0.2) is 29.1 Å². The summed E-state index contributed by atoms with van der Waals surface area (Å²) in [5.41, 5.74) is 7.47. The Balaban J connectivity index is 1.99. The molecule has 4 nitrogen and oxygen atoms in total. The van der Waals surface area contributed by atoms with Crippen molar-refractivity contribution in [3.63, 3.8) is 0 Å². The molecule has 18 heavy (non-hydrogen) atoms. The number of nitrogen functional groups attached to an aromatic ring is 1. The van der Waals surface area contributed by atoms with Crippen molar-refractivity contribution in [3.8, 4) is 22.1 Å². The van der Waals surface area contributed by atoms with Crippen LogP contribution < -0.4 is 5.73 Å². The molecule has 7 heteroatoms. The molecule has 0 unspecified atom stereocenters. The number of rotatable bonds is 2. The van der Waals surface area contributed by atoms with Gasteiger partial charge in [0, 0.05) is 23.0 Å². The molecule has 0 atom stereocenters. The van der Waals surface area contributed by atoms with Gasteiger partial charge in [0.15, 0.2) is 5.13 Å². The van der Waals surface area contributed by atoms with Crippen LogP contribution in [0.2, 0.25) is 0 Å². The number of pyridine rings is 1. The number of nitrogens with two attached hydrogens (primary N) is 1. The van der Waals surface area contributed by atoms with E-state index in [1.54, 1.807) is 0 Å². The number of thiazole rings is 2. The van der Waals surface area contributed by atoms with Crippen LogP contribution >= 0.6 is 22.7 Å². The molecule has 0 aliphatic carbocycles. The minimum absolute atomic E-state index is 0.326. The zero-order valence-corrected chi connectivity index (χ0v) is 10.6. The number of aromatic nitrogens is 3. The molecule has 0 aromatic carbocycles. The highest BCUT2D eigenvalue weighted by Gasteiger charge is 2.10. The second-order valence-corrected chi connectivity index (χ2v) is 5.22. The maximum atomic E-state index is 13.1. The van der Waals surface area contributed by atoms with E-state index in [2.05, 4.69) is 15.0 Å². The Bertz CT molecular complexity index is 692. The van der Waals surface area contributed by atoms with Crippen molar-refractivity contribution < 1.29 is 4.39 Å². The van der Waals surface area contributed by atoms with Gasteiger partial charge in [0.05, 0.1) is 5.69 Å². The summed E-state index contributed by atoms with van der Waals surface area (Å²) in [5, 5.41) is 4.93. The summed E-state index contributed by atoms with van der Waals surface area (Å²) < 4.78 is 13.1. The Hall–Kier alpha value is -1.86. The molecule has 3 rings (SSSR count). The minimum Gasteiger partial charge on any atom is -0.375 e. The van der Waals surface area contributed by atoms with E-state index in [1.807, 2.05) is 10.8 Å². The van der Waals surface area contributed by atoms with E-state index in [0.29, 0.717) is 16.5 Å². The lowest BCUT2D eigenvalue weighted by molar-refractivity contribution is 0.626. The fraction of sp³-hybridized carbons (Fsp3) is 0. The zero-order valence-electron chi connectivity index (χ0n) is 9.00. The van der Waals surface area contributed by atoms with Crippen molar-refractivity contribution in [2.24, 2.45) is 0 Å². The van der Waals surface area contributed by atoms with E-state index in [4.69, 9.17) is 5.73 Å². The summed E-state index contributed by atoms with van der Waals surface area (Å²) in [6, 6.07) is 2.66. The van der Waals surface area contributed by atoms with Gasteiger partial charge in [-0.2, -0.15) is 0 Å². The summed E-state index contributed by atoms with van der Waals surface area (Å²) in [7, 11) is 0. The number of hydrogen-bond acceptors (Lipinski definition) is 6. The third kappa shape index (κ3) is 2.09. The Kier molecular flexibility index (Phi) is 2.77. The van der Waals surface area contributed by atoms with Gasteiger partial charge in [0.1, 0.15) is 22.2 Å². The van der Waals surface area contributed by atoms with Gasteiger partial charge in [0.25, 0.3) is 0 Å². The molecule has 0 fully saturated rings. The molecular weight excluding hydrogens is 271 g/mol. The second kappa shape index (κ2) is 4.43. The third-order valence-electron chi connectivity index (χ3n) is 2.23.